The minimum Gasteiger partial charge on any atom is -0.378 e. The lowest BCUT2D eigenvalue weighted by molar-refractivity contribution is -0.121. The molecular formula is C20H26ClN3O3S. The van der Waals surface area contributed by atoms with Crippen molar-refractivity contribution < 1.29 is 13.2 Å². The number of rotatable bonds is 9. The zero-order valence-electron chi connectivity index (χ0n) is 16.4. The number of hydrogen-bond acceptors (Lipinski definition) is 4. The van der Waals surface area contributed by atoms with Crippen molar-refractivity contribution in [2.24, 2.45) is 0 Å². The lowest BCUT2D eigenvalue weighted by atomic mass is 10.2. The molecule has 0 heterocycles. The van der Waals surface area contributed by atoms with Crippen molar-refractivity contribution in [2.45, 2.75) is 19.4 Å². The number of hydrogen-bond donors (Lipinski definition) is 1. The van der Waals surface area contributed by atoms with Crippen LogP contribution < -0.4 is 14.5 Å². The zero-order valence-corrected chi connectivity index (χ0v) is 17.9. The van der Waals surface area contributed by atoms with Gasteiger partial charge in [-0.05, 0) is 42.3 Å². The summed E-state index contributed by atoms with van der Waals surface area (Å²) in [6.07, 6.45) is 1.79. The first-order valence-corrected chi connectivity index (χ1v) is 11.2. The molecule has 0 spiro atoms. The van der Waals surface area contributed by atoms with Gasteiger partial charge in [-0.15, -0.1) is 0 Å². The van der Waals surface area contributed by atoms with E-state index in [0.29, 0.717) is 23.7 Å². The molecule has 8 heteroatoms. The van der Waals surface area contributed by atoms with Crippen molar-refractivity contribution in [3.05, 3.63) is 59.1 Å². The Balaban J connectivity index is 1.85. The van der Waals surface area contributed by atoms with E-state index in [1.54, 1.807) is 24.3 Å². The van der Waals surface area contributed by atoms with Crippen LogP contribution in [0.25, 0.3) is 0 Å². The second kappa shape index (κ2) is 9.80. The van der Waals surface area contributed by atoms with Crippen molar-refractivity contribution >= 4 is 38.9 Å². The smallest absolute Gasteiger partial charge is 0.232 e. The summed E-state index contributed by atoms with van der Waals surface area (Å²) in [5, 5.41) is 3.33. The monoisotopic (exact) mass is 423 g/mol. The van der Waals surface area contributed by atoms with E-state index in [4.69, 9.17) is 11.6 Å². The fourth-order valence-corrected chi connectivity index (χ4v) is 3.84. The number of nitrogens with zero attached hydrogens (tertiary/aromatic N) is 2. The normalized spacial score (nSPS) is 11.1. The maximum absolute atomic E-state index is 12.1. The molecule has 0 saturated heterocycles. The predicted octanol–water partition coefficient (Wildman–Crippen LogP) is 3.27. The molecule has 1 N–H and O–H groups in total. The Morgan fingerprint density at radius 1 is 1.07 bits per heavy atom. The molecule has 0 radical (unpaired) electrons. The Morgan fingerprint density at radius 2 is 1.75 bits per heavy atom. The highest BCUT2D eigenvalue weighted by Gasteiger charge is 2.17. The van der Waals surface area contributed by atoms with Crippen molar-refractivity contribution in [2.75, 3.05) is 36.1 Å². The van der Waals surface area contributed by atoms with E-state index in [1.807, 2.05) is 43.3 Å². The van der Waals surface area contributed by atoms with E-state index in [1.165, 1.54) is 4.31 Å². The molecule has 6 nitrogen and oxygen atoms in total. The van der Waals surface area contributed by atoms with Crippen LogP contribution in [0, 0.1) is 0 Å². The van der Waals surface area contributed by atoms with Crippen molar-refractivity contribution in [3.8, 4) is 0 Å². The largest absolute Gasteiger partial charge is 0.378 e. The number of sulfonamides is 1. The molecule has 2 aromatic carbocycles. The van der Waals surface area contributed by atoms with Gasteiger partial charge in [0.05, 0.1) is 11.9 Å². The van der Waals surface area contributed by atoms with Crippen molar-refractivity contribution in [1.29, 1.82) is 0 Å². The van der Waals surface area contributed by atoms with Crippen LogP contribution in [0.4, 0.5) is 11.4 Å². The van der Waals surface area contributed by atoms with Crippen LogP contribution in [0.15, 0.2) is 48.5 Å². The van der Waals surface area contributed by atoms with Crippen LogP contribution in [-0.4, -0.2) is 41.2 Å². The fraction of sp³-hybridized carbons (Fsp3) is 0.350. The van der Waals surface area contributed by atoms with Gasteiger partial charge in [0.15, 0.2) is 0 Å². The SMILES string of the molecule is CN(C)c1ccc(CNC(=O)CCCN(c2cccc(Cl)c2)S(C)(=O)=O)cc1. The molecule has 0 saturated carbocycles. The van der Waals surface area contributed by atoms with E-state index in [0.717, 1.165) is 17.5 Å². The first kappa shape index (κ1) is 22.0. The first-order valence-electron chi connectivity index (χ1n) is 8.93. The number of amides is 1. The summed E-state index contributed by atoms with van der Waals surface area (Å²) < 4.78 is 25.4. The fourth-order valence-electron chi connectivity index (χ4n) is 2.70. The average Bonchev–Trinajstić information content (AvgIpc) is 2.62. The maximum Gasteiger partial charge on any atom is 0.232 e. The molecule has 0 aliphatic rings. The highest BCUT2D eigenvalue weighted by atomic mass is 35.5. The van der Waals surface area contributed by atoms with Crippen molar-refractivity contribution in [3.63, 3.8) is 0 Å². The Bertz CT molecular complexity index is 899. The molecular weight excluding hydrogens is 398 g/mol. The molecule has 28 heavy (non-hydrogen) atoms. The maximum atomic E-state index is 12.1. The molecule has 0 aliphatic carbocycles. The Hall–Kier alpha value is -2.25. The van der Waals surface area contributed by atoms with E-state index in [9.17, 15) is 13.2 Å². The predicted molar refractivity (Wildman–Crippen MR) is 115 cm³/mol. The summed E-state index contributed by atoms with van der Waals surface area (Å²) in [4.78, 5) is 14.1. The number of benzene rings is 2. The zero-order chi connectivity index (χ0) is 20.7. The van der Waals surface area contributed by atoms with E-state index < -0.39 is 10.0 Å². The Kier molecular flexibility index (Phi) is 7.71. The summed E-state index contributed by atoms with van der Waals surface area (Å²) in [5.74, 6) is -0.115. The van der Waals surface area contributed by atoms with Crippen LogP contribution in [-0.2, 0) is 21.4 Å². The topological polar surface area (TPSA) is 69.7 Å². The number of halogens is 1. The van der Waals surface area contributed by atoms with Gasteiger partial charge in [-0.1, -0.05) is 29.8 Å². The molecule has 0 aromatic heterocycles. The van der Waals surface area contributed by atoms with Gasteiger partial charge in [-0.3, -0.25) is 9.10 Å². The van der Waals surface area contributed by atoms with E-state index >= 15 is 0 Å². The van der Waals surface area contributed by atoms with E-state index in [2.05, 4.69) is 5.32 Å². The Morgan fingerprint density at radius 3 is 2.32 bits per heavy atom. The molecule has 0 unspecified atom stereocenters. The average molecular weight is 424 g/mol. The first-order chi connectivity index (χ1) is 13.2. The quantitative estimate of drug-likeness (QED) is 0.672. The van der Waals surface area contributed by atoms with Crippen LogP contribution in [0.3, 0.4) is 0 Å². The van der Waals surface area contributed by atoms with Crippen LogP contribution in [0.2, 0.25) is 5.02 Å². The minimum absolute atomic E-state index is 0.115. The number of carbonyl (C=O) groups is 1. The third-order valence-corrected chi connectivity index (χ3v) is 5.63. The van der Waals surface area contributed by atoms with Crippen LogP contribution >= 0.6 is 11.6 Å². The lowest BCUT2D eigenvalue weighted by Crippen LogP contribution is -2.32. The van der Waals surface area contributed by atoms with Gasteiger partial charge < -0.3 is 10.2 Å². The second-order valence-electron chi connectivity index (χ2n) is 6.76. The number of nitrogens with one attached hydrogen (secondary N) is 1. The third kappa shape index (κ3) is 6.73. The second-order valence-corrected chi connectivity index (χ2v) is 9.10. The standard InChI is InChI=1S/C20H26ClN3O3S/c1-23(2)18-11-9-16(10-12-18)15-22-20(25)8-5-13-24(28(3,26)27)19-7-4-6-17(21)14-19/h4,6-7,9-12,14H,5,8,13,15H2,1-3H3,(H,22,25). The highest BCUT2D eigenvalue weighted by Crippen LogP contribution is 2.22. The van der Waals surface area contributed by atoms with Crippen LogP contribution in [0.1, 0.15) is 18.4 Å². The van der Waals surface area contributed by atoms with Gasteiger partial charge >= 0.3 is 0 Å². The number of anilines is 2. The molecule has 0 bridgehead atoms. The van der Waals surface area contributed by atoms with Gasteiger partial charge in [0, 0.05) is 44.3 Å². The molecule has 0 atom stereocenters. The number of carbonyl (C=O) groups excluding carboxylic acids is 1. The third-order valence-electron chi connectivity index (χ3n) is 4.20. The van der Waals surface area contributed by atoms with Gasteiger partial charge in [0.25, 0.3) is 0 Å². The molecule has 0 aliphatic heterocycles. The Labute approximate surface area is 172 Å². The highest BCUT2D eigenvalue weighted by molar-refractivity contribution is 7.92. The summed E-state index contributed by atoms with van der Waals surface area (Å²) >= 11 is 5.96. The molecule has 2 aromatic rings. The summed E-state index contributed by atoms with van der Waals surface area (Å²) in [7, 11) is 0.484. The van der Waals surface area contributed by atoms with E-state index in [-0.39, 0.29) is 18.9 Å². The minimum atomic E-state index is -3.46. The molecule has 1 amide bonds. The van der Waals surface area contributed by atoms with Gasteiger partial charge in [0.2, 0.25) is 15.9 Å². The molecule has 2 rings (SSSR count). The summed E-state index contributed by atoms with van der Waals surface area (Å²) in [5.41, 5.74) is 2.60. The summed E-state index contributed by atoms with van der Waals surface area (Å²) in [6.45, 7) is 0.654. The van der Waals surface area contributed by atoms with Crippen molar-refractivity contribution in [1.82, 2.24) is 5.32 Å². The summed E-state index contributed by atoms with van der Waals surface area (Å²) in [6, 6.07) is 14.6. The van der Waals surface area contributed by atoms with Crippen LogP contribution in [0.5, 0.6) is 0 Å². The van der Waals surface area contributed by atoms with Gasteiger partial charge in [0.1, 0.15) is 0 Å². The van der Waals surface area contributed by atoms with Gasteiger partial charge in [-0.25, -0.2) is 8.42 Å². The lowest BCUT2D eigenvalue weighted by Gasteiger charge is -2.22. The molecule has 152 valence electrons. The van der Waals surface area contributed by atoms with Gasteiger partial charge in [-0.2, -0.15) is 0 Å². The molecule has 0 fully saturated rings.